The largest absolute Gasteiger partial charge is 0.463 e. The van der Waals surface area contributed by atoms with Crippen molar-refractivity contribution in [2.45, 2.75) is 6.92 Å². The standard InChI is InChI=1S/C15H12N4O3/c1-9(12-7-4-8-22-12)16-19-15(21)13-10-5-2-3-6-11(10)14(20)18-17-13/h2-8H,1H3,(H,18,20)(H,19,21)/b16-9+. The molecule has 22 heavy (non-hydrogen) atoms. The van der Waals surface area contributed by atoms with Gasteiger partial charge in [0.05, 0.1) is 11.6 Å². The molecular formula is C15H12N4O3. The zero-order valence-electron chi connectivity index (χ0n) is 11.7. The molecule has 0 atom stereocenters. The summed E-state index contributed by atoms with van der Waals surface area (Å²) in [6.45, 7) is 1.71. The predicted molar refractivity (Wildman–Crippen MR) is 80.7 cm³/mol. The van der Waals surface area contributed by atoms with Gasteiger partial charge in [0.15, 0.2) is 5.69 Å². The number of hydrogen-bond acceptors (Lipinski definition) is 5. The van der Waals surface area contributed by atoms with Gasteiger partial charge in [-0.3, -0.25) is 9.59 Å². The van der Waals surface area contributed by atoms with Crippen LogP contribution in [0.25, 0.3) is 10.8 Å². The summed E-state index contributed by atoms with van der Waals surface area (Å²) >= 11 is 0. The number of aromatic amines is 1. The van der Waals surface area contributed by atoms with Crippen molar-refractivity contribution in [2.24, 2.45) is 5.10 Å². The van der Waals surface area contributed by atoms with E-state index in [0.717, 1.165) is 0 Å². The Bertz CT molecular complexity index is 910. The Morgan fingerprint density at radius 2 is 2.00 bits per heavy atom. The first-order valence-corrected chi connectivity index (χ1v) is 6.53. The summed E-state index contributed by atoms with van der Waals surface area (Å²) in [5.41, 5.74) is 2.68. The van der Waals surface area contributed by atoms with Gasteiger partial charge in [0, 0.05) is 5.39 Å². The fourth-order valence-electron chi connectivity index (χ4n) is 2.01. The molecule has 3 aromatic rings. The van der Waals surface area contributed by atoms with Crippen LogP contribution in [0.5, 0.6) is 0 Å². The lowest BCUT2D eigenvalue weighted by Gasteiger charge is -2.03. The number of H-pyrrole nitrogens is 1. The Morgan fingerprint density at radius 1 is 1.23 bits per heavy atom. The molecule has 0 saturated carbocycles. The Balaban J connectivity index is 1.92. The highest BCUT2D eigenvalue weighted by Crippen LogP contribution is 2.12. The highest BCUT2D eigenvalue weighted by molar-refractivity contribution is 6.05. The summed E-state index contributed by atoms with van der Waals surface area (Å²) in [4.78, 5) is 23.9. The molecule has 3 rings (SSSR count). The van der Waals surface area contributed by atoms with Gasteiger partial charge < -0.3 is 4.42 Å². The van der Waals surface area contributed by atoms with Crippen LogP contribution in [0.3, 0.4) is 0 Å². The zero-order chi connectivity index (χ0) is 15.5. The van der Waals surface area contributed by atoms with Crippen LogP contribution in [0.15, 0.2) is 57.0 Å². The van der Waals surface area contributed by atoms with Crippen LogP contribution in [0.2, 0.25) is 0 Å². The number of nitrogens with zero attached hydrogens (tertiary/aromatic N) is 2. The van der Waals surface area contributed by atoms with Crippen molar-refractivity contribution < 1.29 is 9.21 Å². The van der Waals surface area contributed by atoms with Crippen molar-refractivity contribution in [1.29, 1.82) is 0 Å². The molecular weight excluding hydrogens is 284 g/mol. The number of hydrazone groups is 1. The van der Waals surface area contributed by atoms with E-state index in [2.05, 4.69) is 20.7 Å². The number of carbonyl (C=O) groups is 1. The molecule has 1 amide bonds. The number of carbonyl (C=O) groups excluding carboxylic acids is 1. The van der Waals surface area contributed by atoms with Gasteiger partial charge in [-0.1, -0.05) is 18.2 Å². The second kappa shape index (κ2) is 5.65. The Kier molecular flexibility index (Phi) is 3.53. The number of aromatic nitrogens is 2. The van der Waals surface area contributed by atoms with Crippen molar-refractivity contribution in [3.63, 3.8) is 0 Å². The average Bonchev–Trinajstić information content (AvgIpc) is 3.07. The summed E-state index contributed by atoms with van der Waals surface area (Å²) in [6.07, 6.45) is 1.52. The molecule has 0 fully saturated rings. The number of hydrogen-bond donors (Lipinski definition) is 2. The highest BCUT2D eigenvalue weighted by Gasteiger charge is 2.13. The molecule has 0 unspecified atom stereocenters. The Labute approximate surface area is 124 Å². The van der Waals surface area contributed by atoms with Crippen LogP contribution in [-0.4, -0.2) is 21.8 Å². The smallest absolute Gasteiger partial charge is 0.292 e. The minimum Gasteiger partial charge on any atom is -0.463 e. The number of nitrogens with one attached hydrogen (secondary N) is 2. The first kappa shape index (κ1) is 13.7. The van der Waals surface area contributed by atoms with Crippen LogP contribution >= 0.6 is 0 Å². The summed E-state index contributed by atoms with van der Waals surface area (Å²) in [7, 11) is 0. The maximum Gasteiger partial charge on any atom is 0.292 e. The lowest BCUT2D eigenvalue weighted by molar-refractivity contribution is 0.0950. The molecule has 7 nitrogen and oxygen atoms in total. The lowest BCUT2D eigenvalue weighted by Crippen LogP contribution is -2.23. The molecule has 2 heterocycles. The van der Waals surface area contributed by atoms with Gasteiger partial charge in [0.1, 0.15) is 11.5 Å². The second-order valence-electron chi connectivity index (χ2n) is 4.56. The fourth-order valence-corrected chi connectivity index (χ4v) is 2.01. The maximum absolute atomic E-state index is 12.2. The number of rotatable bonds is 3. The molecule has 2 aromatic heterocycles. The minimum atomic E-state index is -0.515. The van der Waals surface area contributed by atoms with E-state index >= 15 is 0 Å². The van der Waals surface area contributed by atoms with Crippen molar-refractivity contribution in [3.8, 4) is 0 Å². The Morgan fingerprint density at radius 3 is 2.73 bits per heavy atom. The molecule has 0 saturated heterocycles. The van der Waals surface area contributed by atoms with Crippen LogP contribution in [0, 0.1) is 0 Å². The number of furan rings is 1. The lowest BCUT2D eigenvalue weighted by atomic mass is 10.1. The summed E-state index contributed by atoms with van der Waals surface area (Å²) in [6, 6.07) is 10.2. The monoisotopic (exact) mass is 296 g/mol. The van der Waals surface area contributed by atoms with E-state index in [-0.39, 0.29) is 11.3 Å². The van der Waals surface area contributed by atoms with E-state index in [0.29, 0.717) is 22.2 Å². The maximum atomic E-state index is 12.2. The quantitative estimate of drug-likeness (QED) is 0.567. The topological polar surface area (TPSA) is 100 Å². The number of fused-ring (bicyclic) bond motifs is 1. The van der Waals surface area contributed by atoms with Crippen molar-refractivity contribution in [1.82, 2.24) is 15.6 Å². The van der Waals surface area contributed by atoms with E-state index in [1.807, 2.05) is 0 Å². The van der Waals surface area contributed by atoms with E-state index in [1.54, 1.807) is 43.3 Å². The fraction of sp³-hybridized carbons (Fsp3) is 0.0667. The first-order chi connectivity index (χ1) is 10.7. The number of benzene rings is 1. The molecule has 0 spiro atoms. The van der Waals surface area contributed by atoms with Gasteiger partial charge in [-0.15, -0.1) is 0 Å². The van der Waals surface area contributed by atoms with Crippen LogP contribution < -0.4 is 11.0 Å². The SMILES string of the molecule is C/C(=N\NC(=O)c1n[nH]c(=O)c2ccccc12)c1ccco1. The van der Waals surface area contributed by atoms with Gasteiger partial charge in [0.25, 0.3) is 11.5 Å². The van der Waals surface area contributed by atoms with Crippen molar-refractivity contribution in [2.75, 3.05) is 0 Å². The third-order valence-corrected chi connectivity index (χ3v) is 3.11. The molecule has 7 heteroatoms. The van der Waals surface area contributed by atoms with Gasteiger partial charge in [0.2, 0.25) is 0 Å². The third kappa shape index (κ3) is 2.51. The summed E-state index contributed by atoms with van der Waals surface area (Å²) < 4.78 is 5.17. The average molecular weight is 296 g/mol. The molecule has 0 aliphatic heterocycles. The van der Waals surface area contributed by atoms with Gasteiger partial charge in [-0.05, 0) is 25.1 Å². The van der Waals surface area contributed by atoms with Gasteiger partial charge >= 0.3 is 0 Å². The first-order valence-electron chi connectivity index (χ1n) is 6.53. The molecule has 0 aliphatic carbocycles. The van der Waals surface area contributed by atoms with Crippen LogP contribution in [0.1, 0.15) is 23.2 Å². The van der Waals surface area contributed by atoms with Crippen LogP contribution in [-0.2, 0) is 0 Å². The van der Waals surface area contributed by atoms with E-state index < -0.39 is 5.91 Å². The van der Waals surface area contributed by atoms with E-state index in [4.69, 9.17) is 4.42 Å². The zero-order valence-corrected chi connectivity index (χ0v) is 11.7. The van der Waals surface area contributed by atoms with E-state index in [9.17, 15) is 9.59 Å². The van der Waals surface area contributed by atoms with Gasteiger partial charge in [-0.2, -0.15) is 10.2 Å². The molecule has 2 N–H and O–H groups in total. The minimum absolute atomic E-state index is 0.103. The van der Waals surface area contributed by atoms with E-state index in [1.165, 1.54) is 6.26 Å². The second-order valence-corrected chi connectivity index (χ2v) is 4.56. The van der Waals surface area contributed by atoms with Crippen LogP contribution in [0.4, 0.5) is 0 Å². The van der Waals surface area contributed by atoms with Crippen molar-refractivity contribution in [3.05, 3.63) is 64.5 Å². The summed E-state index contributed by atoms with van der Waals surface area (Å²) in [5, 5.41) is 10.9. The Hall–Kier alpha value is -3.22. The molecule has 0 aliphatic rings. The molecule has 0 bridgehead atoms. The molecule has 0 radical (unpaired) electrons. The number of amides is 1. The van der Waals surface area contributed by atoms with Crippen molar-refractivity contribution >= 4 is 22.4 Å². The molecule has 1 aromatic carbocycles. The van der Waals surface area contributed by atoms with Gasteiger partial charge in [-0.25, -0.2) is 10.5 Å². The summed E-state index contributed by atoms with van der Waals surface area (Å²) in [5.74, 6) is 0.0398. The predicted octanol–water partition coefficient (Wildman–Crippen LogP) is 1.67. The molecule has 110 valence electrons. The normalized spacial score (nSPS) is 11.6. The highest BCUT2D eigenvalue weighted by atomic mass is 16.3. The third-order valence-electron chi connectivity index (χ3n) is 3.11.